The van der Waals surface area contributed by atoms with Crippen molar-refractivity contribution in [2.24, 2.45) is 0 Å². The summed E-state index contributed by atoms with van der Waals surface area (Å²) in [7, 11) is 0. The van der Waals surface area contributed by atoms with Crippen molar-refractivity contribution in [3.8, 4) is 0 Å². The minimum atomic E-state index is -0.948. The number of hydrogen-bond acceptors (Lipinski definition) is 3. The summed E-state index contributed by atoms with van der Waals surface area (Å²) >= 11 is 1.57. The van der Waals surface area contributed by atoms with Crippen molar-refractivity contribution in [2.75, 3.05) is 10.7 Å². The fraction of sp³-hybridized carbons (Fsp3) is 0.200. The topological polar surface area (TPSA) is 44.2 Å². The Morgan fingerprint density at radius 3 is 2.63 bits per heavy atom. The van der Waals surface area contributed by atoms with E-state index in [0.29, 0.717) is 23.5 Å². The van der Waals surface area contributed by atoms with E-state index in [9.17, 15) is 9.18 Å². The standard InChI is InChI=1S/C25H23FN2OS/c1-16-14-20(17(2)24(27)18-6-4-3-5-7-18)10-13-22(16)28-23(29)15-30-25(28)19-8-11-21(26)12-9-19/h3-11,13-14,21,25,27H,2,12,15H2,1H3. The highest BCUT2D eigenvalue weighted by atomic mass is 32.2. The van der Waals surface area contributed by atoms with Crippen molar-refractivity contribution >= 4 is 34.6 Å². The minimum Gasteiger partial charge on any atom is -0.300 e. The number of rotatable bonds is 5. The third-order valence-corrected chi connectivity index (χ3v) is 6.61. The molecule has 5 heteroatoms. The normalized spacial score (nSPS) is 20.9. The molecule has 1 N–H and O–H groups in total. The molecule has 3 nitrogen and oxygen atoms in total. The van der Waals surface area contributed by atoms with E-state index in [1.807, 2.05) is 66.4 Å². The number of hydrogen-bond donors (Lipinski definition) is 1. The summed E-state index contributed by atoms with van der Waals surface area (Å²) in [6.07, 6.45) is 4.65. The van der Waals surface area contributed by atoms with E-state index in [0.717, 1.165) is 28.0 Å². The first-order chi connectivity index (χ1) is 14.5. The molecule has 2 aromatic carbocycles. The van der Waals surface area contributed by atoms with Crippen molar-refractivity contribution < 1.29 is 9.18 Å². The van der Waals surface area contributed by atoms with Gasteiger partial charge in [0.1, 0.15) is 11.5 Å². The number of carbonyl (C=O) groups excluding carboxylic acids is 1. The number of nitrogens with one attached hydrogen (secondary N) is 1. The highest BCUT2D eigenvalue weighted by Crippen LogP contribution is 2.38. The van der Waals surface area contributed by atoms with Gasteiger partial charge in [-0.15, -0.1) is 11.8 Å². The highest BCUT2D eigenvalue weighted by molar-refractivity contribution is 8.01. The third-order valence-electron chi connectivity index (χ3n) is 5.40. The highest BCUT2D eigenvalue weighted by Gasteiger charge is 2.36. The zero-order valence-corrected chi connectivity index (χ0v) is 17.6. The van der Waals surface area contributed by atoms with Gasteiger partial charge >= 0.3 is 0 Å². The summed E-state index contributed by atoms with van der Waals surface area (Å²) in [4.78, 5) is 14.5. The number of carbonyl (C=O) groups is 1. The molecule has 1 amide bonds. The second-order valence-corrected chi connectivity index (χ2v) is 8.53. The number of halogens is 1. The average molecular weight is 419 g/mol. The van der Waals surface area contributed by atoms with Gasteiger partial charge in [0.2, 0.25) is 5.91 Å². The molecule has 1 saturated heterocycles. The molecule has 0 spiro atoms. The summed E-state index contributed by atoms with van der Waals surface area (Å²) in [5.41, 5.74) is 5.45. The van der Waals surface area contributed by atoms with Crippen LogP contribution in [0.1, 0.15) is 23.1 Å². The maximum absolute atomic E-state index is 13.5. The van der Waals surface area contributed by atoms with Gasteiger partial charge in [-0.05, 0) is 41.3 Å². The van der Waals surface area contributed by atoms with E-state index in [4.69, 9.17) is 5.41 Å². The van der Waals surface area contributed by atoms with Crippen LogP contribution in [0.4, 0.5) is 10.1 Å². The van der Waals surface area contributed by atoms with Gasteiger partial charge < -0.3 is 0 Å². The number of amides is 1. The summed E-state index contributed by atoms with van der Waals surface area (Å²) in [5, 5.41) is 8.32. The molecular weight excluding hydrogens is 395 g/mol. The van der Waals surface area contributed by atoms with Crippen LogP contribution in [0.2, 0.25) is 0 Å². The van der Waals surface area contributed by atoms with Gasteiger partial charge in [-0.3, -0.25) is 15.1 Å². The van der Waals surface area contributed by atoms with Crippen LogP contribution < -0.4 is 4.90 Å². The lowest BCUT2D eigenvalue weighted by Crippen LogP contribution is -2.34. The van der Waals surface area contributed by atoms with Crippen molar-refractivity contribution in [1.82, 2.24) is 0 Å². The first-order valence-electron chi connectivity index (χ1n) is 9.86. The first-order valence-corrected chi connectivity index (χ1v) is 10.9. The molecule has 30 heavy (non-hydrogen) atoms. The lowest BCUT2D eigenvalue weighted by molar-refractivity contribution is -0.115. The molecule has 1 aliphatic heterocycles. The lowest BCUT2D eigenvalue weighted by Gasteiger charge is -2.28. The minimum absolute atomic E-state index is 0.0494. The quantitative estimate of drug-likeness (QED) is 0.633. The van der Waals surface area contributed by atoms with Gasteiger partial charge in [-0.25, -0.2) is 4.39 Å². The molecule has 1 aliphatic carbocycles. The predicted molar refractivity (Wildman–Crippen MR) is 124 cm³/mol. The van der Waals surface area contributed by atoms with Crippen molar-refractivity contribution in [3.63, 3.8) is 0 Å². The van der Waals surface area contributed by atoms with Crippen molar-refractivity contribution in [2.45, 2.75) is 24.9 Å². The Morgan fingerprint density at radius 2 is 1.97 bits per heavy atom. The Balaban J connectivity index is 1.61. The predicted octanol–water partition coefficient (Wildman–Crippen LogP) is 5.71. The third kappa shape index (κ3) is 3.90. The molecular formula is C25H23FN2OS. The number of anilines is 1. The Bertz CT molecular complexity index is 1070. The van der Waals surface area contributed by atoms with Crippen molar-refractivity contribution in [3.05, 3.63) is 95.6 Å². The van der Waals surface area contributed by atoms with Crippen LogP contribution in [-0.4, -0.2) is 28.9 Å². The molecule has 1 heterocycles. The number of aryl methyl sites for hydroxylation is 1. The first kappa shape index (κ1) is 20.4. The smallest absolute Gasteiger partial charge is 0.238 e. The van der Waals surface area contributed by atoms with Gasteiger partial charge in [0, 0.05) is 17.7 Å². The van der Waals surface area contributed by atoms with Gasteiger partial charge in [0.05, 0.1) is 11.5 Å². The number of thioether (sulfide) groups is 1. The second kappa shape index (κ2) is 8.44. The SMILES string of the molecule is C=C(C(=N)c1ccccc1)c1ccc(N2C(=O)CSC2C2=CCC(F)C=C2)c(C)c1. The van der Waals surface area contributed by atoms with Crippen LogP contribution >= 0.6 is 11.8 Å². The molecule has 2 aromatic rings. The molecule has 0 radical (unpaired) electrons. The number of nitrogens with zero attached hydrogens (tertiary/aromatic N) is 1. The molecule has 0 aromatic heterocycles. The van der Waals surface area contributed by atoms with E-state index in [-0.39, 0.29) is 11.3 Å². The number of alkyl halides is 1. The summed E-state index contributed by atoms with van der Waals surface area (Å²) < 4.78 is 13.5. The van der Waals surface area contributed by atoms with E-state index in [2.05, 4.69) is 6.58 Å². The van der Waals surface area contributed by atoms with Crippen LogP contribution in [0.5, 0.6) is 0 Å². The molecule has 2 aliphatic rings. The van der Waals surface area contributed by atoms with Crippen LogP contribution in [0.3, 0.4) is 0 Å². The van der Waals surface area contributed by atoms with E-state index in [1.165, 1.54) is 0 Å². The monoisotopic (exact) mass is 418 g/mol. The van der Waals surface area contributed by atoms with E-state index < -0.39 is 6.17 Å². The van der Waals surface area contributed by atoms with Gasteiger partial charge in [0.25, 0.3) is 0 Å². The fourth-order valence-corrected chi connectivity index (χ4v) is 4.95. The second-order valence-electron chi connectivity index (χ2n) is 7.46. The van der Waals surface area contributed by atoms with Crippen LogP contribution in [0.25, 0.3) is 5.57 Å². The van der Waals surface area contributed by atoms with Crippen LogP contribution in [-0.2, 0) is 4.79 Å². The number of benzene rings is 2. The summed E-state index contributed by atoms with van der Waals surface area (Å²) in [6, 6.07) is 15.3. The van der Waals surface area contributed by atoms with Gasteiger partial charge in [0.15, 0.2) is 0 Å². The maximum Gasteiger partial charge on any atom is 0.238 e. The molecule has 4 rings (SSSR count). The van der Waals surface area contributed by atoms with Crippen LogP contribution in [0.15, 0.2) is 78.9 Å². The van der Waals surface area contributed by atoms with Gasteiger partial charge in [-0.2, -0.15) is 0 Å². The molecule has 2 atom stereocenters. The Morgan fingerprint density at radius 1 is 1.20 bits per heavy atom. The molecule has 152 valence electrons. The summed E-state index contributed by atoms with van der Waals surface area (Å²) in [6.45, 7) is 6.08. The Hall–Kier alpha value is -2.92. The van der Waals surface area contributed by atoms with E-state index >= 15 is 0 Å². The van der Waals surface area contributed by atoms with E-state index in [1.54, 1.807) is 23.9 Å². The molecule has 1 fully saturated rings. The molecule has 0 saturated carbocycles. The van der Waals surface area contributed by atoms with Crippen LogP contribution in [0, 0.1) is 12.3 Å². The zero-order valence-electron chi connectivity index (χ0n) is 16.8. The summed E-state index contributed by atoms with van der Waals surface area (Å²) in [5.74, 6) is 0.454. The van der Waals surface area contributed by atoms with Crippen molar-refractivity contribution in [1.29, 1.82) is 5.41 Å². The maximum atomic E-state index is 13.5. The average Bonchev–Trinajstić information content (AvgIpc) is 3.15. The lowest BCUT2D eigenvalue weighted by atomic mass is 9.95. The Kier molecular flexibility index (Phi) is 5.73. The number of allylic oxidation sites excluding steroid dienone is 3. The largest absolute Gasteiger partial charge is 0.300 e. The molecule has 0 bridgehead atoms. The zero-order chi connectivity index (χ0) is 21.3. The fourth-order valence-electron chi connectivity index (χ4n) is 3.76. The molecule has 2 unspecified atom stereocenters. The Labute approximate surface area is 180 Å². The van der Waals surface area contributed by atoms with Gasteiger partial charge in [-0.1, -0.05) is 61.2 Å².